The van der Waals surface area contributed by atoms with E-state index < -0.39 is 5.97 Å². The molecule has 2 rings (SSSR count). The molecule has 76 valence electrons. The zero-order valence-corrected chi connectivity index (χ0v) is 7.98. The van der Waals surface area contributed by atoms with Gasteiger partial charge < -0.3 is 9.72 Å². The molecular formula is C10H8N2O3. The van der Waals surface area contributed by atoms with E-state index in [4.69, 9.17) is 0 Å². The first-order chi connectivity index (χ1) is 7.24. The Hall–Kier alpha value is -2.17. The molecule has 0 fully saturated rings. The van der Waals surface area contributed by atoms with Crippen molar-refractivity contribution in [3.8, 4) is 0 Å². The van der Waals surface area contributed by atoms with Gasteiger partial charge in [-0.3, -0.25) is 9.78 Å². The molecule has 15 heavy (non-hydrogen) atoms. The summed E-state index contributed by atoms with van der Waals surface area (Å²) in [6.07, 6.45) is 4.28. The van der Waals surface area contributed by atoms with Crippen molar-refractivity contribution in [3.63, 3.8) is 0 Å². The number of carbonyl (C=O) groups excluding carboxylic acids is 1. The number of nitrogens with one attached hydrogen (secondary N) is 1. The number of fused-ring (bicyclic) bond motifs is 1. The molecule has 0 unspecified atom stereocenters. The van der Waals surface area contributed by atoms with E-state index in [1.807, 2.05) is 0 Å². The van der Waals surface area contributed by atoms with Crippen LogP contribution in [0.3, 0.4) is 0 Å². The van der Waals surface area contributed by atoms with Crippen LogP contribution in [0.4, 0.5) is 0 Å². The molecule has 0 atom stereocenters. The minimum atomic E-state index is -0.484. The van der Waals surface area contributed by atoms with E-state index in [-0.39, 0.29) is 5.56 Å². The molecule has 5 nitrogen and oxygen atoms in total. The van der Waals surface area contributed by atoms with Crippen LogP contribution in [0.15, 0.2) is 29.5 Å². The van der Waals surface area contributed by atoms with Crippen LogP contribution >= 0.6 is 0 Å². The lowest BCUT2D eigenvalue weighted by Crippen LogP contribution is -2.11. The van der Waals surface area contributed by atoms with Crippen molar-refractivity contribution in [2.75, 3.05) is 7.11 Å². The number of rotatable bonds is 1. The van der Waals surface area contributed by atoms with Gasteiger partial charge in [0.25, 0.3) is 5.56 Å². The summed E-state index contributed by atoms with van der Waals surface area (Å²) in [6, 6.07) is 1.61. The summed E-state index contributed by atoms with van der Waals surface area (Å²) in [5.74, 6) is -0.484. The van der Waals surface area contributed by atoms with Crippen LogP contribution < -0.4 is 5.56 Å². The minimum absolute atomic E-state index is 0.272. The van der Waals surface area contributed by atoms with E-state index in [9.17, 15) is 9.59 Å². The average Bonchev–Trinajstić information content (AvgIpc) is 2.29. The highest BCUT2D eigenvalue weighted by Crippen LogP contribution is 2.13. The fourth-order valence-electron chi connectivity index (χ4n) is 1.38. The van der Waals surface area contributed by atoms with Gasteiger partial charge in [0, 0.05) is 24.0 Å². The normalized spacial score (nSPS) is 10.2. The number of hydrogen-bond donors (Lipinski definition) is 1. The number of hydrogen-bond acceptors (Lipinski definition) is 4. The molecule has 0 radical (unpaired) electrons. The Balaban J connectivity index is 2.83. The van der Waals surface area contributed by atoms with Crippen LogP contribution in [0.2, 0.25) is 0 Å². The highest BCUT2D eigenvalue weighted by molar-refractivity contribution is 6.03. The van der Waals surface area contributed by atoms with Gasteiger partial charge in [-0.15, -0.1) is 0 Å². The van der Waals surface area contributed by atoms with Crippen molar-refractivity contribution in [3.05, 3.63) is 40.6 Å². The largest absolute Gasteiger partial charge is 0.465 e. The minimum Gasteiger partial charge on any atom is -0.465 e. The molecule has 0 spiro atoms. The molecule has 0 saturated heterocycles. The first-order valence-electron chi connectivity index (χ1n) is 4.28. The number of ether oxygens (including phenoxy) is 1. The number of aromatic nitrogens is 2. The van der Waals surface area contributed by atoms with Gasteiger partial charge in [0.1, 0.15) is 0 Å². The maximum Gasteiger partial charge on any atom is 0.339 e. The van der Waals surface area contributed by atoms with Gasteiger partial charge in [0.2, 0.25) is 0 Å². The summed E-state index contributed by atoms with van der Waals surface area (Å²) >= 11 is 0. The Bertz CT molecular complexity index is 574. The lowest BCUT2D eigenvalue weighted by atomic mass is 10.1. The van der Waals surface area contributed by atoms with Crippen LogP contribution in [0.25, 0.3) is 10.8 Å². The zero-order valence-electron chi connectivity index (χ0n) is 7.98. The van der Waals surface area contributed by atoms with Crippen molar-refractivity contribution in [2.45, 2.75) is 0 Å². The van der Waals surface area contributed by atoms with Crippen molar-refractivity contribution in [2.24, 2.45) is 0 Å². The van der Waals surface area contributed by atoms with Gasteiger partial charge in [-0.1, -0.05) is 0 Å². The molecular weight excluding hydrogens is 196 g/mol. The zero-order chi connectivity index (χ0) is 10.8. The topological polar surface area (TPSA) is 72.1 Å². The molecule has 0 aliphatic rings. The van der Waals surface area contributed by atoms with Gasteiger partial charge in [-0.05, 0) is 6.07 Å². The summed E-state index contributed by atoms with van der Waals surface area (Å²) in [7, 11) is 1.29. The first kappa shape index (κ1) is 9.39. The van der Waals surface area contributed by atoms with Crippen LogP contribution in [0, 0.1) is 0 Å². The first-order valence-corrected chi connectivity index (χ1v) is 4.28. The molecule has 2 aromatic heterocycles. The highest BCUT2D eigenvalue weighted by Gasteiger charge is 2.11. The second kappa shape index (κ2) is 3.53. The molecule has 2 aromatic rings. The van der Waals surface area contributed by atoms with Crippen molar-refractivity contribution >= 4 is 16.7 Å². The number of H-pyrrole nitrogens is 1. The third kappa shape index (κ3) is 1.48. The summed E-state index contributed by atoms with van der Waals surface area (Å²) in [5.41, 5.74) is 0.0558. The third-order valence-corrected chi connectivity index (χ3v) is 2.11. The number of esters is 1. The number of pyridine rings is 2. The van der Waals surface area contributed by atoms with E-state index >= 15 is 0 Å². The molecule has 1 N–H and O–H groups in total. The average molecular weight is 204 g/mol. The van der Waals surface area contributed by atoms with Gasteiger partial charge in [0.15, 0.2) is 0 Å². The number of carbonyl (C=O) groups is 1. The highest BCUT2D eigenvalue weighted by atomic mass is 16.5. The van der Waals surface area contributed by atoms with E-state index in [1.54, 1.807) is 6.07 Å². The lowest BCUT2D eigenvalue weighted by molar-refractivity contribution is 0.0602. The molecule has 0 saturated carbocycles. The SMILES string of the molecule is COC(=O)c1c[nH]c(=O)c2cnccc12. The molecule has 0 aliphatic heterocycles. The second-order valence-corrected chi connectivity index (χ2v) is 2.94. The van der Waals surface area contributed by atoms with Gasteiger partial charge in [-0.25, -0.2) is 4.79 Å². The van der Waals surface area contributed by atoms with E-state index in [2.05, 4.69) is 14.7 Å². The quantitative estimate of drug-likeness (QED) is 0.694. The molecule has 2 heterocycles. The standard InChI is InChI=1S/C10H8N2O3/c1-15-10(14)8-5-12-9(13)7-4-11-3-2-6(7)8/h2-5H,1H3,(H,12,13). The molecule has 5 heteroatoms. The van der Waals surface area contributed by atoms with Crippen molar-refractivity contribution in [1.82, 2.24) is 9.97 Å². The van der Waals surface area contributed by atoms with Gasteiger partial charge in [0.05, 0.1) is 18.1 Å². The Morgan fingerprint density at radius 3 is 3.00 bits per heavy atom. The Morgan fingerprint density at radius 2 is 2.27 bits per heavy atom. The lowest BCUT2D eigenvalue weighted by Gasteiger charge is -2.02. The molecule has 0 aromatic carbocycles. The summed E-state index contributed by atoms with van der Waals surface area (Å²) in [4.78, 5) is 29.1. The van der Waals surface area contributed by atoms with Crippen LogP contribution in [0.1, 0.15) is 10.4 Å². The van der Waals surface area contributed by atoms with Crippen molar-refractivity contribution in [1.29, 1.82) is 0 Å². The van der Waals surface area contributed by atoms with E-state index in [0.29, 0.717) is 16.3 Å². The van der Waals surface area contributed by atoms with Crippen molar-refractivity contribution < 1.29 is 9.53 Å². The summed E-state index contributed by atoms with van der Waals surface area (Å²) in [6.45, 7) is 0. The van der Waals surface area contributed by atoms with Crippen LogP contribution in [0.5, 0.6) is 0 Å². The van der Waals surface area contributed by atoms with Gasteiger partial charge in [-0.2, -0.15) is 0 Å². The van der Waals surface area contributed by atoms with Crippen LogP contribution in [-0.2, 0) is 4.74 Å². The summed E-state index contributed by atoms with van der Waals surface area (Å²) < 4.78 is 4.60. The Kier molecular flexibility index (Phi) is 2.21. The smallest absolute Gasteiger partial charge is 0.339 e. The predicted molar refractivity (Wildman–Crippen MR) is 53.7 cm³/mol. The molecule has 0 amide bonds. The Labute approximate surface area is 84.7 Å². The fourth-order valence-corrected chi connectivity index (χ4v) is 1.38. The van der Waals surface area contributed by atoms with E-state index in [0.717, 1.165) is 0 Å². The van der Waals surface area contributed by atoms with Crippen LogP contribution in [-0.4, -0.2) is 23.0 Å². The second-order valence-electron chi connectivity index (χ2n) is 2.94. The third-order valence-electron chi connectivity index (χ3n) is 2.11. The van der Waals surface area contributed by atoms with Gasteiger partial charge >= 0.3 is 5.97 Å². The summed E-state index contributed by atoms with van der Waals surface area (Å²) in [5, 5.41) is 0.918. The molecule has 0 aliphatic carbocycles. The monoisotopic (exact) mass is 204 g/mol. The Morgan fingerprint density at radius 1 is 1.47 bits per heavy atom. The maximum atomic E-state index is 11.4. The fraction of sp³-hybridized carbons (Fsp3) is 0.100. The maximum absolute atomic E-state index is 11.4. The van der Waals surface area contributed by atoms with E-state index in [1.165, 1.54) is 25.7 Å². The number of aromatic amines is 1. The number of methoxy groups -OCH3 is 1. The predicted octanol–water partition coefficient (Wildman–Crippen LogP) is 0.710. The number of nitrogens with zero attached hydrogens (tertiary/aromatic N) is 1. The molecule has 0 bridgehead atoms.